The second kappa shape index (κ2) is 6.92. The van der Waals surface area contributed by atoms with Crippen molar-refractivity contribution >= 4 is 11.5 Å². The van der Waals surface area contributed by atoms with Crippen LogP contribution in [0.15, 0.2) is 30.6 Å². The number of hydrogen-bond acceptors (Lipinski definition) is 5. The molecule has 0 unspecified atom stereocenters. The molecule has 0 spiro atoms. The third kappa shape index (κ3) is 3.62. The van der Waals surface area contributed by atoms with Crippen molar-refractivity contribution in [3.05, 3.63) is 41.7 Å². The lowest BCUT2D eigenvalue weighted by molar-refractivity contribution is 0.323. The van der Waals surface area contributed by atoms with E-state index in [1.807, 2.05) is 38.1 Å². The van der Waals surface area contributed by atoms with E-state index in [-0.39, 0.29) is 0 Å². The second-order valence-electron chi connectivity index (χ2n) is 4.82. The maximum atomic E-state index is 5.73. The smallest absolute Gasteiger partial charge is 0.221 e. The number of nitrogen functional groups attached to an aromatic ring is 1. The summed E-state index contributed by atoms with van der Waals surface area (Å²) in [5, 5.41) is 0. The molecule has 1 aromatic heterocycles. The highest BCUT2D eigenvalue weighted by atomic mass is 16.5. The predicted octanol–water partition coefficient (Wildman–Crippen LogP) is 2.79. The molecule has 0 radical (unpaired) electrons. The number of aromatic nitrogens is 2. The number of nitrogens with zero attached hydrogens (tertiary/aromatic N) is 3. The van der Waals surface area contributed by atoms with Crippen LogP contribution in [0, 0.1) is 6.92 Å². The van der Waals surface area contributed by atoms with E-state index in [2.05, 4.69) is 21.8 Å². The lowest BCUT2D eigenvalue weighted by Crippen LogP contribution is -2.24. The molecule has 1 heterocycles. The van der Waals surface area contributed by atoms with Crippen LogP contribution in [0.5, 0.6) is 5.88 Å². The zero-order valence-corrected chi connectivity index (χ0v) is 12.8. The van der Waals surface area contributed by atoms with Crippen molar-refractivity contribution in [2.75, 3.05) is 23.8 Å². The molecule has 1 aromatic carbocycles. The van der Waals surface area contributed by atoms with Crippen molar-refractivity contribution in [1.82, 2.24) is 9.97 Å². The third-order valence-electron chi connectivity index (χ3n) is 3.33. The largest absolute Gasteiger partial charge is 0.478 e. The summed E-state index contributed by atoms with van der Waals surface area (Å²) in [5.74, 6) is 1.56. The average Bonchev–Trinajstić information content (AvgIpc) is 2.49. The molecule has 5 nitrogen and oxygen atoms in total. The summed E-state index contributed by atoms with van der Waals surface area (Å²) in [7, 11) is 0. The first-order valence-corrected chi connectivity index (χ1v) is 7.19. The average molecular weight is 286 g/mol. The molecular formula is C16H22N4O. The first kappa shape index (κ1) is 15.1. The maximum absolute atomic E-state index is 5.73. The maximum Gasteiger partial charge on any atom is 0.221 e. The van der Waals surface area contributed by atoms with Crippen LogP contribution < -0.4 is 15.4 Å². The molecule has 0 fully saturated rings. The first-order valence-electron chi connectivity index (χ1n) is 7.19. The molecule has 0 aliphatic heterocycles. The molecule has 5 heteroatoms. The van der Waals surface area contributed by atoms with Gasteiger partial charge in [0.25, 0.3) is 0 Å². The van der Waals surface area contributed by atoms with Crippen molar-refractivity contribution in [3.8, 4) is 5.88 Å². The molecule has 0 amide bonds. The number of anilines is 2. The van der Waals surface area contributed by atoms with Gasteiger partial charge in [-0.05, 0) is 38.5 Å². The van der Waals surface area contributed by atoms with Crippen LogP contribution in [0.1, 0.15) is 25.0 Å². The summed E-state index contributed by atoms with van der Waals surface area (Å²) in [4.78, 5) is 10.8. The van der Waals surface area contributed by atoms with Gasteiger partial charge in [-0.3, -0.25) is 0 Å². The SMILES string of the molecule is CCOc1ncnc(N(CC)Cc2ccc(N)cc2)c1C. The number of hydrogen-bond donors (Lipinski definition) is 1. The monoisotopic (exact) mass is 286 g/mol. The first-order chi connectivity index (χ1) is 10.2. The number of rotatable bonds is 6. The van der Waals surface area contributed by atoms with Gasteiger partial charge in [-0.2, -0.15) is 0 Å². The zero-order chi connectivity index (χ0) is 15.2. The van der Waals surface area contributed by atoms with E-state index in [1.54, 1.807) is 6.33 Å². The molecule has 0 aliphatic rings. The van der Waals surface area contributed by atoms with E-state index >= 15 is 0 Å². The van der Waals surface area contributed by atoms with Gasteiger partial charge in [-0.1, -0.05) is 12.1 Å². The quantitative estimate of drug-likeness (QED) is 0.827. The Balaban J connectivity index is 2.24. The van der Waals surface area contributed by atoms with Gasteiger partial charge in [0.05, 0.1) is 12.2 Å². The second-order valence-corrected chi connectivity index (χ2v) is 4.82. The molecule has 2 aromatic rings. The molecule has 21 heavy (non-hydrogen) atoms. The van der Waals surface area contributed by atoms with Gasteiger partial charge in [0.1, 0.15) is 12.1 Å². The molecule has 0 aliphatic carbocycles. The van der Waals surface area contributed by atoms with Crippen LogP contribution in [-0.2, 0) is 6.54 Å². The normalized spacial score (nSPS) is 10.4. The van der Waals surface area contributed by atoms with Crippen molar-refractivity contribution in [2.45, 2.75) is 27.3 Å². The molecule has 0 saturated heterocycles. The van der Waals surface area contributed by atoms with Gasteiger partial charge in [0, 0.05) is 18.8 Å². The van der Waals surface area contributed by atoms with Gasteiger partial charge in [-0.15, -0.1) is 0 Å². The predicted molar refractivity (Wildman–Crippen MR) is 85.5 cm³/mol. The highest BCUT2D eigenvalue weighted by molar-refractivity contribution is 5.51. The minimum atomic E-state index is 0.599. The topological polar surface area (TPSA) is 64.3 Å². The van der Waals surface area contributed by atoms with Crippen LogP contribution in [0.3, 0.4) is 0 Å². The molecule has 0 saturated carbocycles. The molecule has 0 bridgehead atoms. The van der Waals surface area contributed by atoms with Crippen LogP contribution in [0.25, 0.3) is 0 Å². The Labute approximate surface area is 125 Å². The Morgan fingerprint density at radius 1 is 1.14 bits per heavy atom. The molecule has 112 valence electrons. The lowest BCUT2D eigenvalue weighted by atomic mass is 10.2. The fourth-order valence-corrected chi connectivity index (χ4v) is 2.21. The standard InChI is InChI=1S/C16H22N4O/c1-4-20(10-13-6-8-14(17)9-7-13)15-12(3)16(21-5-2)19-11-18-15/h6-9,11H,4-5,10,17H2,1-3H3. The molecule has 2 N–H and O–H groups in total. The van der Waals surface area contributed by atoms with Gasteiger partial charge >= 0.3 is 0 Å². The summed E-state index contributed by atoms with van der Waals surface area (Å²) in [5.41, 5.74) is 8.67. The Hall–Kier alpha value is -2.30. The molecule has 0 atom stereocenters. The minimum absolute atomic E-state index is 0.599. The summed E-state index contributed by atoms with van der Waals surface area (Å²) in [6, 6.07) is 7.92. The summed E-state index contributed by atoms with van der Waals surface area (Å²) in [6.45, 7) is 8.29. The van der Waals surface area contributed by atoms with Crippen molar-refractivity contribution in [1.29, 1.82) is 0 Å². The Bertz CT molecular complexity index is 583. The van der Waals surface area contributed by atoms with Crippen LogP contribution in [-0.4, -0.2) is 23.1 Å². The fraction of sp³-hybridized carbons (Fsp3) is 0.375. The number of ether oxygens (including phenoxy) is 1. The Morgan fingerprint density at radius 3 is 2.48 bits per heavy atom. The van der Waals surface area contributed by atoms with E-state index in [0.717, 1.165) is 30.2 Å². The highest BCUT2D eigenvalue weighted by Crippen LogP contribution is 2.25. The highest BCUT2D eigenvalue weighted by Gasteiger charge is 2.14. The van der Waals surface area contributed by atoms with Gasteiger partial charge in [0.2, 0.25) is 5.88 Å². The van der Waals surface area contributed by atoms with Crippen molar-refractivity contribution < 1.29 is 4.74 Å². The van der Waals surface area contributed by atoms with E-state index in [1.165, 1.54) is 5.56 Å². The van der Waals surface area contributed by atoms with E-state index in [0.29, 0.717) is 12.5 Å². The van der Waals surface area contributed by atoms with Gasteiger partial charge in [0.15, 0.2) is 0 Å². The summed E-state index contributed by atoms with van der Waals surface area (Å²) >= 11 is 0. The van der Waals surface area contributed by atoms with Gasteiger partial charge < -0.3 is 15.4 Å². The zero-order valence-electron chi connectivity index (χ0n) is 12.8. The minimum Gasteiger partial charge on any atom is -0.478 e. The van der Waals surface area contributed by atoms with E-state index in [4.69, 9.17) is 10.5 Å². The Kier molecular flexibility index (Phi) is 4.98. The van der Waals surface area contributed by atoms with E-state index in [9.17, 15) is 0 Å². The van der Waals surface area contributed by atoms with Gasteiger partial charge in [-0.25, -0.2) is 9.97 Å². The van der Waals surface area contributed by atoms with E-state index < -0.39 is 0 Å². The van der Waals surface area contributed by atoms with Crippen LogP contribution in [0.4, 0.5) is 11.5 Å². The summed E-state index contributed by atoms with van der Waals surface area (Å²) < 4.78 is 5.54. The Morgan fingerprint density at radius 2 is 1.86 bits per heavy atom. The lowest BCUT2D eigenvalue weighted by Gasteiger charge is -2.24. The number of benzene rings is 1. The molecule has 2 rings (SSSR count). The third-order valence-corrected chi connectivity index (χ3v) is 3.33. The molecular weight excluding hydrogens is 264 g/mol. The summed E-state index contributed by atoms with van der Waals surface area (Å²) in [6.07, 6.45) is 1.55. The van der Waals surface area contributed by atoms with Crippen LogP contribution in [0.2, 0.25) is 0 Å². The van der Waals surface area contributed by atoms with Crippen molar-refractivity contribution in [3.63, 3.8) is 0 Å². The van der Waals surface area contributed by atoms with Crippen molar-refractivity contribution in [2.24, 2.45) is 0 Å². The fourth-order valence-electron chi connectivity index (χ4n) is 2.21. The number of nitrogens with two attached hydrogens (primary N) is 1. The van der Waals surface area contributed by atoms with Crippen LogP contribution >= 0.6 is 0 Å².